The third-order valence-corrected chi connectivity index (χ3v) is 9.26. The van der Waals surface area contributed by atoms with Gasteiger partial charge in [-0.15, -0.1) is 6.58 Å². The van der Waals surface area contributed by atoms with Gasteiger partial charge in [0, 0.05) is 33.2 Å². The van der Waals surface area contributed by atoms with Crippen LogP contribution >= 0.6 is 0 Å². The zero-order valence-corrected chi connectivity index (χ0v) is 29.7. The average Bonchev–Trinajstić information content (AvgIpc) is 3.03. The SMILES string of the molecule is C=CCC(C=C(C)CC(C)CC(OC)C(O)C(CC(C)C(=O)OC)OC)C(=O)C=CC(C)C(O)C(C)=CC1CCC(O)C(OC)C1. The highest BCUT2D eigenvalue weighted by molar-refractivity contribution is 5.93. The maximum Gasteiger partial charge on any atom is 0.308 e. The maximum absolute atomic E-state index is 13.2. The maximum atomic E-state index is 13.2. The second-order valence-corrected chi connectivity index (χ2v) is 13.3. The van der Waals surface area contributed by atoms with E-state index in [0.717, 1.165) is 17.6 Å². The van der Waals surface area contributed by atoms with Crippen molar-refractivity contribution in [1.29, 1.82) is 0 Å². The van der Waals surface area contributed by atoms with Crippen molar-refractivity contribution in [3.8, 4) is 0 Å². The van der Waals surface area contributed by atoms with Crippen molar-refractivity contribution in [3.63, 3.8) is 0 Å². The third kappa shape index (κ3) is 13.9. The molecule has 264 valence electrons. The standard InChI is InChI=1S/C37H62O9/c1-11-12-29(30(38)15-13-25(4)35(40)26(5)20-28-14-16-31(39)32(22-28)43-7)18-23(2)17-24(3)19-33(44-8)36(41)34(45-9)21-27(6)37(42)46-10/h11,13,15,18,20,24-25,27-29,31-36,39-41H,1,12,14,16-17,19,21-22H2,2-10H3. The molecule has 11 unspecified atom stereocenters. The van der Waals surface area contributed by atoms with Gasteiger partial charge in [0.25, 0.3) is 0 Å². The van der Waals surface area contributed by atoms with E-state index in [2.05, 4.69) is 19.6 Å². The van der Waals surface area contributed by atoms with E-state index in [9.17, 15) is 24.9 Å². The van der Waals surface area contributed by atoms with Crippen molar-refractivity contribution in [2.75, 3.05) is 28.4 Å². The van der Waals surface area contributed by atoms with Crippen molar-refractivity contribution in [2.24, 2.45) is 29.6 Å². The Morgan fingerprint density at radius 2 is 1.61 bits per heavy atom. The van der Waals surface area contributed by atoms with Crippen LogP contribution in [0, 0.1) is 29.6 Å². The second-order valence-electron chi connectivity index (χ2n) is 13.3. The summed E-state index contributed by atoms with van der Waals surface area (Å²) in [6, 6.07) is 0. The third-order valence-electron chi connectivity index (χ3n) is 9.26. The highest BCUT2D eigenvalue weighted by Gasteiger charge is 2.32. The first-order chi connectivity index (χ1) is 21.7. The normalized spacial score (nSPS) is 24.8. The quantitative estimate of drug-likeness (QED) is 0.0852. The highest BCUT2D eigenvalue weighted by atomic mass is 16.5. The molecule has 11 atom stereocenters. The van der Waals surface area contributed by atoms with Crippen LogP contribution in [0.5, 0.6) is 0 Å². The first-order valence-electron chi connectivity index (χ1n) is 16.6. The summed E-state index contributed by atoms with van der Waals surface area (Å²) in [7, 11) is 6.01. The van der Waals surface area contributed by atoms with Crippen LogP contribution in [0.2, 0.25) is 0 Å². The fourth-order valence-electron chi connectivity index (χ4n) is 6.43. The molecule has 0 spiro atoms. The van der Waals surface area contributed by atoms with Crippen LogP contribution in [-0.2, 0) is 28.5 Å². The van der Waals surface area contributed by atoms with E-state index in [1.807, 2.05) is 26.8 Å². The van der Waals surface area contributed by atoms with Gasteiger partial charge in [-0.3, -0.25) is 9.59 Å². The Kier molecular flexibility index (Phi) is 19.7. The van der Waals surface area contributed by atoms with Crippen LogP contribution in [0.15, 0.2) is 48.1 Å². The smallest absolute Gasteiger partial charge is 0.308 e. The van der Waals surface area contributed by atoms with Crippen molar-refractivity contribution < 1.29 is 43.9 Å². The Balaban J connectivity index is 2.84. The van der Waals surface area contributed by atoms with Gasteiger partial charge in [0.05, 0.1) is 43.5 Å². The Labute approximate surface area is 277 Å². The minimum Gasteiger partial charge on any atom is -0.469 e. The number of methoxy groups -OCH3 is 4. The Morgan fingerprint density at radius 3 is 2.17 bits per heavy atom. The molecule has 1 fully saturated rings. The van der Waals surface area contributed by atoms with Crippen LogP contribution in [0.1, 0.15) is 79.6 Å². The van der Waals surface area contributed by atoms with Crippen molar-refractivity contribution in [2.45, 2.75) is 116 Å². The van der Waals surface area contributed by atoms with Crippen LogP contribution in [0.25, 0.3) is 0 Å². The minimum absolute atomic E-state index is 0.0513. The molecule has 0 bridgehead atoms. The number of carbonyl (C=O) groups is 2. The number of carbonyl (C=O) groups excluding carboxylic acids is 2. The lowest BCUT2D eigenvalue weighted by molar-refractivity contribution is -0.148. The Morgan fingerprint density at radius 1 is 0.978 bits per heavy atom. The Bertz CT molecular complexity index is 1020. The predicted molar refractivity (Wildman–Crippen MR) is 181 cm³/mol. The summed E-state index contributed by atoms with van der Waals surface area (Å²) < 4.78 is 21.4. The minimum atomic E-state index is -0.928. The van der Waals surface area contributed by atoms with Crippen LogP contribution in [0.3, 0.4) is 0 Å². The number of ketones is 1. The van der Waals surface area contributed by atoms with Crippen molar-refractivity contribution >= 4 is 11.8 Å². The summed E-state index contributed by atoms with van der Waals surface area (Å²) in [5.41, 5.74) is 1.90. The lowest BCUT2D eigenvalue weighted by Gasteiger charge is -2.31. The average molecular weight is 651 g/mol. The fraction of sp³-hybridized carbons (Fsp3) is 0.730. The largest absolute Gasteiger partial charge is 0.469 e. The Hall–Kier alpha value is -2.14. The highest BCUT2D eigenvalue weighted by Crippen LogP contribution is 2.30. The summed E-state index contributed by atoms with van der Waals surface area (Å²) in [6.07, 6.45) is 10.0. The van der Waals surface area contributed by atoms with Gasteiger partial charge in [-0.05, 0) is 82.3 Å². The van der Waals surface area contributed by atoms with Gasteiger partial charge in [-0.1, -0.05) is 50.6 Å². The molecule has 0 heterocycles. The van der Waals surface area contributed by atoms with E-state index in [-0.39, 0.29) is 41.5 Å². The summed E-state index contributed by atoms with van der Waals surface area (Å²) in [4.78, 5) is 25.1. The number of allylic oxidation sites excluding steroid dienone is 5. The summed E-state index contributed by atoms with van der Waals surface area (Å²) in [5.74, 6) is -1.10. The van der Waals surface area contributed by atoms with Crippen LogP contribution in [0.4, 0.5) is 0 Å². The molecule has 3 N–H and O–H groups in total. The van der Waals surface area contributed by atoms with Crippen LogP contribution < -0.4 is 0 Å². The van der Waals surface area contributed by atoms with E-state index in [0.29, 0.717) is 38.5 Å². The zero-order valence-electron chi connectivity index (χ0n) is 29.7. The summed E-state index contributed by atoms with van der Waals surface area (Å²) in [6.45, 7) is 13.4. The van der Waals surface area contributed by atoms with Gasteiger partial charge in [-0.25, -0.2) is 0 Å². The van der Waals surface area contributed by atoms with Crippen molar-refractivity contribution in [1.82, 2.24) is 0 Å². The first-order valence-corrected chi connectivity index (χ1v) is 16.6. The zero-order chi connectivity index (χ0) is 35.0. The molecule has 1 aliphatic carbocycles. The molecule has 1 saturated carbocycles. The number of hydrogen-bond acceptors (Lipinski definition) is 9. The molecule has 1 rings (SSSR count). The number of aliphatic hydroxyl groups excluding tert-OH is 3. The predicted octanol–water partition coefficient (Wildman–Crippen LogP) is 5.38. The van der Waals surface area contributed by atoms with Gasteiger partial charge in [0.2, 0.25) is 0 Å². The molecule has 46 heavy (non-hydrogen) atoms. The van der Waals surface area contributed by atoms with Gasteiger partial charge in [0.15, 0.2) is 5.78 Å². The molecule has 0 aromatic heterocycles. The molecule has 1 aliphatic rings. The topological polar surface area (TPSA) is 132 Å². The molecular weight excluding hydrogens is 588 g/mol. The van der Waals surface area contributed by atoms with Crippen molar-refractivity contribution in [3.05, 3.63) is 48.1 Å². The molecule has 0 amide bonds. The summed E-state index contributed by atoms with van der Waals surface area (Å²) in [5, 5.41) is 32.1. The molecule has 0 aromatic carbocycles. The summed E-state index contributed by atoms with van der Waals surface area (Å²) >= 11 is 0. The number of esters is 1. The van der Waals surface area contributed by atoms with Gasteiger partial charge in [0.1, 0.15) is 6.10 Å². The number of hydrogen-bond donors (Lipinski definition) is 3. The lowest BCUT2D eigenvalue weighted by Crippen LogP contribution is -2.42. The van der Waals surface area contributed by atoms with Crippen LogP contribution in [-0.4, -0.2) is 92.1 Å². The fourth-order valence-corrected chi connectivity index (χ4v) is 6.43. The van der Waals surface area contributed by atoms with E-state index in [1.54, 1.807) is 39.4 Å². The van der Waals surface area contributed by atoms with E-state index in [1.165, 1.54) is 14.2 Å². The molecule has 0 aliphatic heterocycles. The number of ether oxygens (including phenoxy) is 4. The number of aliphatic hydroxyl groups is 3. The van der Waals surface area contributed by atoms with Gasteiger partial charge < -0.3 is 34.3 Å². The monoisotopic (exact) mass is 650 g/mol. The molecular formula is C37H62O9. The molecule has 9 nitrogen and oxygen atoms in total. The second kappa shape index (κ2) is 21.7. The lowest BCUT2D eigenvalue weighted by atomic mass is 9.83. The van der Waals surface area contributed by atoms with Gasteiger partial charge >= 0.3 is 5.97 Å². The van der Waals surface area contributed by atoms with E-state index < -0.39 is 36.4 Å². The molecule has 0 saturated heterocycles. The molecule has 9 heteroatoms. The van der Waals surface area contributed by atoms with Gasteiger partial charge in [-0.2, -0.15) is 0 Å². The van der Waals surface area contributed by atoms with E-state index in [4.69, 9.17) is 18.9 Å². The first kappa shape index (κ1) is 41.9. The number of rotatable bonds is 21. The molecule has 0 radical (unpaired) electrons. The molecule has 0 aromatic rings. The van der Waals surface area contributed by atoms with E-state index >= 15 is 0 Å².